The number of para-hydroxylation sites is 1. The summed E-state index contributed by atoms with van der Waals surface area (Å²) in [6.45, 7) is 4.85. The molecule has 0 spiro atoms. The van der Waals surface area contributed by atoms with Gasteiger partial charge in [0, 0.05) is 6.54 Å². The molecule has 1 atom stereocenters. The summed E-state index contributed by atoms with van der Waals surface area (Å²) in [6, 6.07) is 6.29. The molecule has 1 rings (SSSR count). The van der Waals surface area contributed by atoms with E-state index in [4.69, 9.17) is 10.5 Å². The number of aliphatic imine (C=N–C) groups is 1. The number of benzene rings is 1. The number of hydrogen-bond acceptors (Lipinski definition) is 2. The van der Waals surface area contributed by atoms with Gasteiger partial charge in [0.1, 0.15) is 6.10 Å². The van der Waals surface area contributed by atoms with Gasteiger partial charge < -0.3 is 15.8 Å². The maximum atomic E-state index is 13.3. The monoisotopic (exact) mass is 239 g/mol. The van der Waals surface area contributed by atoms with E-state index in [-0.39, 0.29) is 17.7 Å². The molecule has 1 unspecified atom stereocenters. The summed E-state index contributed by atoms with van der Waals surface area (Å²) in [6.07, 6.45) is -0.232. The molecule has 0 heterocycles. The van der Waals surface area contributed by atoms with Gasteiger partial charge in [-0.3, -0.25) is 0 Å². The van der Waals surface area contributed by atoms with E-state index < -0.39 is 0 Å². The molecule has 3 N–H and O–H groups in total. The molecule has 0 aromatic heterocycles. The number of halogens is 1. The van der Waals surface area contributed by atoms with Gasteiger partial charge >= 0.3 is 0 Å². The molecule has 94 valence electrons. The lowest BCUT2D eigenvalue weighted by Gasteiger charge is -2.13. The largest absolute Gasteiger partial charge is 0.486 e. The Labute approximate surface area is 101 Å². The highest BCUT2D eigenvalue weighted by Crippen LogP contribution is 2.16. The number of ether oxygens (including phenoxy) is 1. The van der Waals surface area contributed by atoms with Gasteiger partial charge in [0.05, 0.1) is 6.54 Å². The van der Waals surface area contributed by atoms with Crippen LogP contribution in [0.5, 0.6) is 5.75 Å². The minimum atomic E-state index is -0.372. The van der Waals surface area contributed by atoms with Gasteiger partial charge in [0.2, 0.25) is 0 Å². The molecule has 0 aliphatic heterocycles. The van der Waals surface area contributed by atoms with Crippen LogP contribution < -0.4 is 15.8 Å². The molecule has 0 amide bonds. The van der Waals surface area contributed by atoms with E-state index in [9.17, 15) is 4.39 Å². The van der Waals surface area contributed by atoms with Crippen molar-refractivity contribution in [3.8, 4) is 5.75 Å². The van der Waals surface area contributed by atoms with Crippen LogP contribution in [-0.2, 0) is 0 Å². The SMILES string of the molecule is CCNC(N)=NCC(C)Oc1ccccc1F. The van der Waals surface area contributed by atoms with Gasteiger partial charge in [-0.05, 0) is 26.0 Å². The van der Waals surface area contributed by atoms with Crippen molar-refractivity contribution in [2.75, 3.05) is 13.1 Å². The van der Waals surface area contributed by atoms with Gasteiger partial charge in [-0.1, -0.05) is 12.1 Å². The molecule has 0 aliphatic carbocycles. The average molecular weight is 239 g/mol. The van der Waals surface area contributed by atoms with E-state index in [2.05, 4.69) is 10.3 Å². The molecule has 1 aromatic rings. The Kier molecular flexibility index (Phi) is 5.26. The predicted octanol–water partition coefficient (Wildman–Crippen LogP) is 1.52. The Hall–Kier alpha value is -1.78. The minimum Gasteiger partial charge on any atom is -0.486 e. The highest BCUT2D eigenvalue weighted by molar-refractivity contribution is 5.77. The van der Waals surface area contributed by atoms with E-state index in [1.165, 1.54) is 6.07 Å². The van der Waals surface area contributed by atoms with Crippen molar-refractivity contribution in [3.05, 3.63) is 30.1 Å². The summed E-state index contributed by atoms with van der Waals surface area (Å²) in [5.74, 6) is 0.233. The molecule has 0 fully saturated rings. The van der Waals surface area contributed by atoms with Crippen LogP contribution in [0.3, 0.4) is 0 Å². The van der Waals surface area contributed by atoms with E-state index >= 15 is 0 Å². The summed E-state index contributed by atoms with van der Waals surface area (Å²) >= 11 is 0. The fourth-order valence-corrected chi connectivity index (χ4v) is 1.26. The number of nitrogens with zero attached hydrogens (tertiary/aromatic N) is 1. The molecule has 17 heavy (non-hydrogen) atoms. The molecular weight excluding hydrogens is 221 g/mol. The smallest absolute Gasteiger partial charge is 0.188 e. The van der Waals surface area contributed by atoms with Gasteiger partial charge in [0.15, 0.2) is 17.5 Å². The van der Waals surface area contributed by atoms with Crippen molar-refractivity contribution in [1.82, 2.24) is 5.32 Å². The van der Waals surface area contributed by atoms with Crippen LogP contribution in [0.2, 0.25) is 0 Å². The molecular formula is C12H18FN3O. The first-order chi connectivity index (χ1) is 8.13. The first-order valence-corrected chi connectivity index (χ1v) is 5.58. The zero-order valence-electron chi connectivity index (χ0n) is 10.1. The lowest BCUT2D eigenvalue weighted by Crippen LogP contribution is -2.32. The molecule has 0 aliphatic rings. The highest BCUT2D eigenvalue weighted by atomic mass is 19.1. The number of guanidine groups is 1. The fraction of sp³-hybridized carbons (Fsp3) is 0.417. The van der Waals surface area contributed by atoms with Crippen LogP contribution in [0.25, 0.3) is 0 Å². The molecule has 0 saturated carbocycles. The number of rotatable bonds is 5. The van der Waals surface area contributed by atoms with Crippen molar-refractivity contribution in [3.63, 3.8) is 0 Å². The molecule has 1 aromatic carbocycles. The lowest BCUT2D eigenvalue weighted by molar-refractivity contribution is 0.220. The topological polar surface area (TPSA) is 59.6 Å². The van der Waals surface area contributed by atoms with Crippen molar-refractivity contribution in [1.29, 1.82) is 0 Å². The minimum absolute atomic E-state index is 0.232. The number of nitrogens with two attached hydrogens (primary N) is 1. The molecule has 4 nitrogen and oxygen atoms in total. The Morgan fingerprint density at radius 2 is 2.24 bits per heavy atom. The zero-order chi connectivity index (χ0) is 12.7. The van der Waals surface area contributed by atoms with Crippen LogP contribution in [0.1, 0.15) is 13.8 Å². The van der Waals surface area contributed by atoms with Crippen LogP contribution in [0.15, 0.2) is 29.3 Å². The van der Waals surface area contributed by atoms with E-state index in [1.54, 1.807) is 18.2 Å². The van der Waals surface area contributed by atoms with Crippen molar-refractivity contribution >= 4 is 5.96 Å². The van der Waals surface area contributed by atoms with Crippen molar-refractivity contribution < 1.29 is 9.13 Å². The first-order valence-electron chi connectivity index (χ1n) is 5.58. The Balaban J connectivity index is 2.47. The quantitative estimate of drug-likeness (QED) is 0.605. The summed E-state index contributed by atoms with van der Waals surface area (Å²) in [4.78, 5) is 4.08. The zero-order valence-corrected chi connectivity index (χ0v) is 10.1. The van der Waals surface area contributed by atoms with Gasteiger partial charge in [0.25, 0.3) is 0 Å². The lowest BCUT2D eigenvalue weighted by atomic mass is 10.3. The van der Waals surface area contributed by atoms with Crippen LogP contribution in [0, 0.1) is 5.82 Å². The van der Waals surface area contributed by atoms with E-state index in [1.807, 2.05) is 13.8 Å². The second-order valence-corrected chi connectivity index (χ2v) is 3.62. The summed E-state index contributed by atoms with van der Waals surface area (Å²) in [5.41, 5.74) is 5.57. The fourth-order valence-electron chi connectivity index (χ4n) is 1.26. The highest BCUT2D eigenvalue weighted by Gasteiger charge is 2.07. The van der Waals surface area contributed by atoms with Gasteiger partial charge in [-0.15, -0.1) is 0 Å². The standard InChI is InChI=1S/C12H18FN3O/c1-3-15-12(14)16-8-9(2)17-11-7-5-4-6-10(11)13/h4-7,9H,3,8H2,1-2H3,(H3,14,15,16). The van der Waals surface area contributed by atoms with E-state index in [0.717, 1.165) is 6.54 Å². The third-order valence-corrected chi connectivity index (χ3v) is 2.04. The Bertz CT molecular complexity index is 382. The van der Waals surface area contributed by atoms with E-state index in [0.29, 0.717) is 12.5 Å². The second kappa shape index (κ2) is 6.73. The summed E-state index contributed by atoms with van der Waals surface area (Å²) in [5, 5.41) is 2.87. The normalized spacial score (nSPS) is 13.2. The van der Waals surface area contributed by atoms with Gasteiger partial charge in [-0.2, -0.15) is 0 Å². The average Bonchev–Trinajstić information content (AvgIpc) is 2.30. The maximum Gasteiger partial charge on any atom is 0.188 e. The first kappa shape index (κ1) is 13.3. The van der Waals surface area contributed by atoms with Crippen molar-refractivity contribution in [2.45, 2.75) is 20.0 Å². The number of nitrogens with one attached hydrogen (secondary N) is 1. The molecule has 0 bridgehead atoms. The summed E-state index contributed by atoms with van der Waals surface area (Å²) < 4.78 is 18.7. The van der Waals surface area contributed by atoms with Crippen LogP contribution in [0.4, 0.5) is 4.39 Å². The molecule has 0 saturated heterocycles. The van der Waals surface area contributed by atoms with Gasteiger partial charge in [-0.25, -0.2) is 9.38 Å². The van der Waals surface area contributed by atoms with Crippen molar-refractivity contribution in [2.24, 2.45) is 10.7 Å². The molecule has 5 heteroatoms. The number of hydrogen-bond donors (Lipinski definition) is 2. The molecule has 0 radical (unpaired) electrons. The maximum absolute atomic E-state index is 13.3. The Morgan fingerprint density at radius 1 is 1.53 bits per heavy atom. The predicted molar refractivity (Wildman–Crippen MR) is 66.7 cm³/mol. The van der Waals surface area contributed by atoms with Crippen LogP contribution >= 0.6 is 0 Å². The second-order valence-electron chi connectivity index (χ2n) is 3.62. The summed E-state index contributed by atoms with van der Waals surface area (Å²) in [7, 11) is 0. The third kappa shape index (κ3) is 4.72. The Morgan fingerprint density at radius 3 is 2.88 bits per heavy atom. The third-order valence-electron chi connectivity index (χ3n) is 2.04. The van der Waals surface area contributed by atoms with Crippen LogP contribution in [-0.4, -0.2) is 25.2 Å².